The number of hydrogen-bond acceptors (Lipinski definition) is 2. The molecule has 0 aliphatic heterocycles. The minimum absolute atomic E-state index is 0.0980. The highest BCUT2D eigenvalue weighted by molar-refractivity contribution is 5.76. The molecule has 1 aromatic carbocycles. The van der Waals surface area contributed by atoms with Gasteiger partial charge in [0.1, 0.15) is 11.6 Å². The Hall–Kier alpha value is -1.42. The summed E-state index contributed by atoms with van der Waals surface area (Å²) in [5, 5.41) is 3.46. The summed E-state index contributed by atoms with van der Waals surface area (Å²) in [6.07, 6.45) is 0.839. The number of hydrogen-bond donors (Lipinski definition) is 1. The summed E-state index contributed by atoms with van der Waals surface area (Å²) in [7, 11) is 0. The lowest BCUT2D eigenvalue weighted by Gasteiger charge is -2.21. The molecule has 1 aromatic heterocycles. The largest absolute Gasteiger partial charge is 0.325 e. The van der Waals surface area contributed by atoms with E-state index in [0.29, 0.717) is 6.04 Å². The number of nitrogens with one attached hydrogen (secondary N) is 1. The van der Waals surface area contributed by atoms with Crippen LogP contribution in [0.15, 0.2) is 18.2 Å². The summed E-state index contributed by atoms with van der Waals surface area (Å²) in [6.45, 7) is 11.6. The first-order valence-corrected chi connectivity index (χ1v) is 7.19. The molecule has 0 radical (unpaired) electrons. The van der Waals surface area contributed by atoms with Crippen LogP contribution in [0.4, 0.5) is 4.39 Å². The predicted octanol–water partition coefficient (Wildman–Crippen LogP) is 3.69. The van der Waals surface area contributed by atoms with E-state index >= 15 is 0 Å². The number of fused-ring (bicyclic) bond motifs is 1. The fourth-order valence-corrected chi connectivity index (χ4v) is 2.42. The van der Waals surface area contributed by atoms with E-state index in [-0.39, 0.29) is 11.4 Å². The quantitative estimate of drug-likeness (QED) is 0.923. The molecule has 4 heteroatoms. The van der Waals surface area contributed by atoms with E-state index in [1.165, 1.54) is 12.1 Å². The normalized spacial score (nSPS) is 12.6. The van der Waals surface area contributed by atoms with E-state index in [9.17, 15) is 4.39 Å². The summed E-state index contributed by atoms with van der Waals surface area (Å²) >= 11 is 0. The van der Waals surface area contributed by atoms with E-state index < -0.39 is 0 Å². The van der Waals surface area contributed by atoms with Crippen molar-refractivity contribution >= 4 is 11.0 Å². The van der Waals surface area contributed by atoms with Crippen LogP contribution in [-0.2, 0) is 6.42 Å². The van der Waals surface area contributed by atoms with Crippen molar-refractivity contribution < 1.29 is 4.39 Å². The molecule has 0 atom stereocenters. The molecular formula is C16H24FN3. The number of imidazole rings is 1. The smallest absolute Gasteiger partial charge is 0.125 e. The van der Waals surface area contributed by atoms with Crippen molar-refractivity contribution in [1.82, 2.24) is 14.9 Å². The lowest BCUT2D eigenvalue weighted by Crippen LogP contribution is -2.37. The summed E-state index contributed by atoms with van der Waals surface area (Å²) in [5.41, 5.74) is 1.84. The second-order valence-electron chi connectivity index (χ2n) is 6.55. The van der Waals surface area contributed by atoms with Crippen LogP contribution in [0.3, 0.4) is 0 Å². The zero-order chi connectivity index (χ0) is 14.9. The maximum Gasteiger partial charge on any atom is 0.125 e. The summed E-state index contributed by atoms with van der Waals surface area (Å²) in [5.74, 6) is 0.780. The Labute approximate surface area is 120 Å². The average molecular weight is 277 g/mol. The van der Waals surface area contributed by atoms with E-state index in [4.69, 9.17) is 0 Å². The average Bonchev–Trinajstić information content (AvgIpc) is 2.64. The third-order valence-electron chi connectivity index (χ3n) is 3.24. The first kappa shape index (κ1) is 15.0. The molecule has 0 saturated carbocycles. The van der Waals surface area contributed by atoms with Crippen LogP contribution in [-0.4, -0.2) is 21.6 Å². The van der Waals surface area contributed by atoms with Gasteiger partial charge < -0.3 is 9.88 Å². The van der Waals surface area contributed by atoms with Crippen LogP contribution >= 0.6 is 0 Å². The zero-order valence-corrected chi connectivity index (χ0v) is 13.0. The van der Waals surface area contributed by atoms with Crippen molar-refractivity contribution in [3.8, 4) is 0 Å². The second kappa shape index (κ2) is 5.52. The van der Waals surface area contributed by atoms with Crippen molar-refractivity contribution in [2.75, 3.05) is 6.54 Å². The molecule has 2 aromatic rings. The number of rotatable bonds is 4. The van der Waals surface area contributed by atoms with Gasteiger partial charge in [0.2, 0.25) is 0 Å². The Kier molecular flexibility index (Phi) is 4.14. The van der Waals surface area contributed by atoms with E-state index in [2.05, 4.69) is 49.5 Å². The summed E-state index contributed by atoms with van der Waals surface area (Å²) < 4.78 is 15.5. The SMILES string of the molecule is CC(C)n1c(CCNC(C)(C)C)nc2cc(F)ccc21. The number of aromatic nitrogens is 2. The van der Waals surface area contributed by atoms with Gasteiger partial charge in [0.25, 0.3) is 0 Å². The minimum Gasteiger partial charge on any atom is -0.325 e. The summed E-state index contributed by atoms with van der Waals surface area (Å²) in [4.78, 5) is 4.60. The standard InChI is InChI=1S/C16H24FN3/c1-11(2)20-14-7-6-12(17)10-13(14)19-15(20)8-9-18-16(3,4)5/h6-7,10-11,18H,8-9H2,1-5H3. The van der Waals surface area contributed by atoms with Gasteiger partial charge in [-0.25, -0.2) is 9.37 Å². The molecule has 0 spiro atoms. The number of halogens is 1. The van der Waals surface area contributed by atoms with Crippen molar-refractivity contribution in [1.29, 1.82) is 0 Å². The Balaban J connectivity index is 2.30. The van der Waals surface area contributed by atoms with E-state index in [0.717, 1.165) is 29.8 Å². The molecule has 0 fully saturated rings. The van der Waals surface area contributed by atoms with Gasteiger partial charge in [-0.2, -0.15) is 0 Å². The molecular weight excluding hydrogens is 253 g/mol. The molecule has 0 unspecified atom stereocenters. The number of benzene rings is 1. The first-order chi connectivity index (χ1) is 9.28. The van der Waals surface area contributed by atoms with Crippen LogP contribution < -0.4 is 5.32 Å². The fraction of sp³-hybridized carbons (Fsp3) is 0.562. The zero-order valence-electron chi connectivity index (χ0n) is 13.0. The molecule has 2 rings (SSSR count). The highest BCUT2D eigenvalue weighted by Gasteiger charge is 2.15. The first-order valence-electron chi connectivity index (χ1n) is 7.19. The van der Waals surface area contributed by atoms with Crippen molar-refractivity contribution in [3.63, 3.8) is 0 Å². The molecule has 0 saturated heterocycles. The molecule has 0 aliphatic carbocycles. The van der Waals surface area contributed by atoms with Gasteiger partial charge in [0.15, 0.2) is 0 Å². The number of nitrogens with zero attached hydrogens (tertiary/aromatic N) is 2. The molecule has 3 nitrogen and oxygen atoms in total. The van der Waals surface area contributed by atoms with Gasteiger partial charge in [0.05, 0.1) is 11.0 Å². The maximum atomic E-state index is 13.3. The third-order valence-corrected chi connectivity index (χ3v) is 3.24. The summed E-state index contributed by atoms with van der Waals surface area (Å²) in [6, 6.07) is 5.14. The molecule has 0 aliphatic rings. The Morgan fingerprint density at radius 1 is 1.30 bits per heavy atom. The van der Waals surface area contributed by atoms with Gasteiger partial charge in [-0.05, 0) is 46.8 Å². The van der Waals surface area contributed by atoms with Crippen LogP contribution in [0, 0.1) is 5.82 Å². The van der Waals surface area contributed by atoms with Gasteiger partial charge in [-0.3, -0.25) is 0 Å². The van der Waals surface area contributed by atoms with Crippen molar-refractivity contribution in [3.05, 3.63) is 29.8 Å². The monoisotopic (exact) mass is 277 g/mol. The van der Waals surface area contributed by atoms with Gasteiger partial charge in [-0.15, -0.1) is 0 Å². The minimum atomic E-state index is -0.231. The maximum absolute atomic E-state index is 13.3. The van der Waals surface area contributed by atoms with Gasteiger partial charge in [-0.1, -0.05) is 0 Å². The van der Waals surface area contributed by atoms with Gasteiger partial charge >= 0.3 is 0 Å². The Morgan fingerprint density at radius 3 is 2.60 bits per heavy atom. The van der Waals surface area contributed by atoms with Crippen LogP contribution in [0.25, 0.3) is 11.0 Å². The van der Waals surface area contributed by atoms with E-state index in [1.807, 2.05) is 6.07 Å². The van der Waals surface area contributed by atoms with Crippen molar-refractivity contribution in [2.45, 2.75) is 52.6 Å². The highest BCUT2D eigenvalue weighted by Crippen LogP contribution is 2.22. The van der Waals surface area contributed by atoms with Crippen LogP contribution in [0.1, 0.15) is 46.5 Å². The highest BCUT2D eigenvalue weighted by atomic mass is 19.1. The molecule has 110 valence electrons. The Morgan fingerprint density at radius 2 is 2.00 bits per heavy atom. The molecule has 1 heterocycles. The molecule has 0 amide bonds. The van der Waals surface area contributed by atoms with Crippen LogP contribution in [0.5, 0.6) is 0 Å². The lowest BCUT2D eigenvalue weighted by atomic mass is 10.1. The predicted molar refractivity (Wildman–Crippen MR) is 81.5 cm³/mol. The molecule has 1 N–H and O–H groups in total. The van der Waals surface area contributed by atoms with Crippen molar-refractivity contribution in [2.24, 2.45) is 0 Å². The molecule has 0 bridgehead atoms. The van der Waals surface area contributed by atoms with E-state index in [1.54, 1.807) is 0 Å². The fourth-order valence-electron chi connectivity index (χ4n) is 2.42. The Bertz CT molecular complexity index is 594. The molecule has 20 heavy (non-hydrogen) atoms. The second-order valence-corrected chi connectivity index (χ2v) is 6.55. The third kappa shape index (κ3) is 3.37. The topological polar surface area (TPSA) is 29.9 Å². The van der Waals surface area contributed by atoms with Crippen LogP contribution in [0.2, 0.25) is 0 Å². The van der Waals surface area contributed by atoms with Gasteiger partial charge in [0, 0.05) is 30.6 Å². The lowest BCUT2D eigenvalue weighted by molar-refractivity contribution is 0.424.